The lowest BCUT2D eigenvalue weighted by Crippen LogP contribution is -2.60. The number of hydrogen-bond donors (Lipinski definition) is 3. The van der Waals surface area contributed by atoms with Gasteiger partial charge in [-0.3, -0.25) is 4.79 Å². The first-order valence-corrected chi connectivity index (χ1v) is 12.4. The zero-order valence-electron chi connectivity index (χ0n) is 18.9. The van der Waals surface area contributed by atoms with Gasteiger partial charge in [-0.1, -0.05) is 0 Å². The van der Waals surface area contributed by atoms with Gasteiger partial charge in [0.1, 0.15) is 6.29 Å². The molecule has 0 aromatic heterocycles. The lowest BCUT2D eigenvalue weighted by atomic mass is 9.47. The molecule has 2 unspecified atom stereocenters. The quantitative estimate of drug-likeness (QED) is 0.424. The number of nitrogens with two attached hydrogens (primary N) is 1. The zero-order chi connectivity index (χ0) is 22.9. The third-order valence-corrected chi connectivity index (χ3v) is 9.09. The molecule has 1 aromatic carbocycles. The Labute approximate surface area is 193 Å². The minimum Gasteiger partial charge on any atom is -0.494 e. The zero-order valence-corrected chi connectivity index (χ0v) is 19.7. The van der Waals surface area contributed by atoms with E-state index in [9.17, 15) is 14.0 Å². The van der Waals surface area contributed by atoms with Crippen molar-refractivity contribution < 1.29 is 18.7 Å². The molecule has 6 nitrogen and oxygen atoms in total. The third kappa shape index (κ3) is 4.41. The summed E-state index contributed by atoms with van der Waals surface area (Å²) in [6.07, 6.45) is 9.50. The van der Waals surface area contributed by atoms with Crippen molar-refractivity contribution in [2.45, 2.75) is 67.8 Å². The molecule has 0 heterocycles. The maximum atomic E-state index is 13.4. The van der Waals surface area contributed by atoms with Crippen molar-refractivity contribution in [1.82, 2.24) is 10.0 Å². The van der Waals surface area contributed by atoms with Gasteiger partial charge in [0.25, 0.3) is 0 Å². The molecule has 176 valence electrons. The average molecular weight is 464 g/mol. The molecule has 0 radical (unpaired) electrons. The smallest absolute Gasteiger partial charge is 0.223 e. The first-order valence-electron chi connectivity index (χ1n) is 11.5. The molecule has 0 spiro atoms. The maximum Gasteiger partial charge on any atom is 0.223 e. The standard InChI is InChI=1S/C12H14FNO2S.C12H20N2O/c1-16-11-4-3-9(7-10(11)13)17-14-12(8-15)5-2-6-12;1-14-10-8-2-7-3-9(10)6-12(4-7,5-8)11(13)15/h3-4,7-8,14H,2,5-6H2,1H3;7-10,14H,2-6H2,1H3,(H2,13,15). The number of carbonyl (C=O) groups excluding carboxylic acids is 2. The summed E-state index contributed by atoms with van der Waals surface area (Å²) in [5.74, 6) is 1.98. The number of ether oxygens (including phenoxy) is 1. The summed E-state index contributed by atoms with van der Waals surface area (Å²) in [6, 6.07) is 5.38. The molecule has 5 saturated carbocycles. The highest BCUT2D eigenvalue weighted by Gasteiger charge is 2.57. The molecule has 4 bridgehead atoms. The van der Waals surface area contributed by atoms with Gasteiger partial charge in [0.2, 0.25) is 5.91 Å². The predicted molar refractivity (Wildman–Crippen MR) is 123 cm³/mol. The molecule has 1 amide bonds. The summed E-state index contributed by atoms with van der Waals surface area (Å²) in [5, 5.41) is 3.45. The highest BCUT2D eigenvalue weighted by atomic mass is 32.2. The first-order chi connectivity index (χ1) is 15.3. The van der Waals surface area contributed by atoms with Crippen molar-refractivity contribution in [1.29, 1.82) is 0 Å². The van der Waals surface area contributed by atoms with Gasteiger partial charge < -0.3 is 20.6 Å². The van der Waals surface area contributed by atoms with E-state index in [-0.39, 0.29) is 17.1 Å². The van der Waals surface area contributed by atoms with Gasteiger partial charge in [-0.15, -0.1) is 0 Å². The van der Waals surface area contributed by atoms with Crippen LogP contribution in [0.5, 0.6) is 5.75 Å². The van der Waals surface area contributed by atoms with Crippen LogP contribution in [0.15, 0.2) is 23.1 Å². The third-order valence-electron chi connectivity index (χ3n) is 8.10. The summed E-state index contributed by atoms with van der Waals surface area (Å²) in [6.45, 7) is 0. The fourth-order valence-electron chi connectivity index (χ4n) is 6.47. The number of amides is 1. The molecule has 5 fully saturated rings. The Bertz CT molecular complexity index is 847. The summed E-state index contributed by atoms with van der Waals surface area (Å²) in [7, 11) is 3.49. The molecule has 5 aliphatic carbocycles. The van der Waals surface area contributed by atoms with Crippen LogP contribution < -0.4 is 20.5 Å². The van der Waals surface area contributed by atoms with Gasteiger partial charge in [-0.25, -0.2) is 9.11 Å². The Morgan fingerprint density at radius 3 is 2.41 bits per heavy atom. The Morgan fingerprint density at radius 2 is 1.94 bits per heavy atom. The van der Waals surface area contributed by atoms with Gasteiger partial charge in [0.05, 0.1) is 12.6 Å². The number of primary amides is 1. The van der Waals surface area contributed by atoms with E-state index >= 15 is 0 Å². The Balaban J connectivity index is 0.000000154. The van der Waals surface area contributed by atoms with E-state index in [1.165, 1.54) is 38.0 Å². The van der Waals surface area contributed by atoms with Gasteiger partial charge in [0.15, 0.2) is 11.6 Å². The number of benzene rings is 1. The fourth-order valence-corrected chi connectivity index (χ4v) is 7.34. The second kappa shape index (κ2) is 9.31. The number of nitrogens with one attached hydrogen (secondary N) is 2. The van der Waals surface area contributed by atoms with Crippen molar-refractivity contribution in [3.8, 4) is 5.75 Å². The van der Waals surface area contributed by atoms with Crippen LogP contribution in [0.1, 0.15) is 51.4 Å². The second-order valence-electron chi connectivity index (χ2n) is 10.1. The normalized spacial score (nSPS) is 33.6. The first kappa shape index (κ1) is 23.5. The number of halogens is 1. The number of rotatable bonds is 7. The summed E-state index contributed by atoms with van der Waals surface area (Å²) in [4.78, 5) is 23.3. The second-order valence-corrected chi connectivity index (χ2v) is 10.9. The molecule has 4 N–H and O–H groups in total. The van der Waals surface area contributed by atoms with E-state index in [0.29, 0.717) is 17.9 Å². The largest absolute Gasteiger partial charge is 0.494 e. The summed E-state index contributed by atoms with van der Waals surface area (Å²) < 4.78 is 21.4. The highest BCUT2D eigenvalue weighted by molar-refractivity contribution is 7.97. The number of aldehydes is 1. The van der Waals surface area contributed by atoms with Gasteiger partial charge in [-0.05, 0) is 106 Å². The Morgan fingerprint density at radius 1 is 1.25 bits per heavy atom. The average Bonchev–Trinajstić information content (AvgIpc) is 2.73. The van der Waals surface area contributed by atoms with Crippen LogP contribution in [0.4, 0.5) is 4.39 Å². The van der Waals surface area contributed by atoms with E-state index in [4.69, 9.17) is 10.5 Å². The van der Waals surface area contributed by atoms with Crippen LogP contribution in [-0.4, -0.2) is 37.9 Å². The SMILES string of the molecule is CNC1C2CC3CC1CC(C(N)=O)(C3)C2.COc1ccc(SNC2(C=O)CCC2)cc1F. The predicted octanol–water partition coefficient (Wildman–Crippen LogP) is 3.44. The van der Waals surface area contributed by atoms with E-state index in [1.54, 1.807) is 12.1 Å². The van der Waals surface area contributed by atoms with Crippen molar-refractivity contribution >= 4 is 24.1 Å². The van der Waals surface area contributed by atoms with Crippen LogP contribution in [0.2, 0.25) is 0 Å². The summed E-state index contributed by atoms with van der Waals surface area (Å²) >= 11 is 1.28. The number of methoxy groups -OCH3 is 1. The molecule has 2 atom stereocenters. The molecule has 1 aromatic rings. The van der Waals surface area contributed by atoms with Gasteiger partial charge in [0, 0.05) is 16.4 Å². The maximum absolute atomic E-state index is 13.4. The Kier molecular flexibility index (Phi) is 6.84. The topological polar surface area (TPSA) is 93.4 Å². The molecule has 8 heteroatoms. The monoisotopic (exact) mass is 463 g/mol. The number of hydrogen-bond acceptors (Lipinski definition) is 6. The van der Waals surface area contributed by atoms with Crippen LogP contribution in [0.25, 0.3) is 0 Å². The molecular formula is C24H34FN3O3S. The fraction of sp³-hybridized carbons (Fsp3) is 0.667. The number of carbonyl (C=O) groups is 2. The van der Waals surface area contributed by atoms with Crippen molar-refractivity contribution in [3.05, 3.63) is 24.0 Å². The molecular weight excluding hydrogens is 429 g/mol. The van der Waals surface area contributed by atoms with E-state index < -0.39 is 11.4 Å². The van der Waals surface area contributed by atoms with Crippen molar-refractivity contribution in [2.24, 2.45) is 28.9 Å². The van der Waals surface area contributed by atoms with Crippen LogP contribution >= 0.6 is 11.9 Å². The molecule has 6 rings (SSSR count). The lowest BCUT2D eigenvalue weighted by molar-refractivity contribution is -0.145. The van der Waals surface area contributed by atoms with Crippen molar-refractivity contribution in [3.63, 3.8) is 0 Å². The molecule has 5 aliphatic rings. The van der Waals surface area contributed by atoms with Gasteiger partial charge >= 0.3 is 0 Å². The van der Waals surface area contributed by atoms with E-state index in [1.807, 2.05) is 0 Å². The minimum absolute atomic E-state index is 0.0311. The molecule has 32 heavy (non-hydrogen) atoms. The Hall–Kier alpha value is -1.64. The minimum atomic E-state index is -0.416. The van der Waals surface area contributed by atoms with Crippen LogP contribution in [0.3, 0.4) is 0 Å². The van der Waals surface area contributed by atoms with Gasteiger partial charge in [-0.2, -0.15) is 0 Å². The van der Waals surface area contributed by atoms with Crippen molar-refractivity contribution in [2.75, 3.05) is 14.2 Å². The molecule has 0 saturated heterocycles. The van der Waals surface area contributed by atoms with Crippen LogP contribution in [-0.2, 0) is 9.59 Å². The van der Waals surface area contributed by atoms with Crippen LogP contribution in [0, 0.1) is 29.0 Å². The molecule has 0 aliphatic heterocycles. The highest BCUT2D eigenvalue weighted by Crippen LogP contribution is 2.59. The lowest BCUT2D eigenvalue weighted by Gasteiger charge is -2.58. The van der Waals surface area contributed by atoms with E-state index in [0.717, 1.165) is 55.6 Å². The summed E-state index contributed by atoms with van der Waals surface area (Å²) in [5.41, 5.74) is 5.08. The van der Waals surface area contributed by atoms with E-state index in [2.05, 4.69) is 17.1 Å².